The predicted molar refractivity (Wildman–Crippen MR) is 56.2 cm³/mol. The van der Waals surface area contributed by atoms with Gasteiger partial charge in [0.2, 0.25) is 0 Å². The van der Waals surface area contributed by atoms with Crippen molar-refractivity contribution in [2.45, 2.75) is 20.0 Å². The third kappa shape index (κ3) is 1.95. The molecule has 6 nitrogen and oxygen atoms in total. The minimum absolute atomic E-state index is 0.197. The van der Waals surface area contributed by atoms with E-state index in [1.807, 2.05) is 11.5 Å². The number of aromatic nitrogens is 4. The number of carboxylic acids is 1. The van der Waals surface area contributed by atoms with Crippen LogP contribution in [-0.2, 0) is 13.1 Å². The van der Waals surface area contributed by atoms with Crippen molar-refractivity contribution in [1.29, 1.82) is 0 Å². The standard InChI is InChI=1S/C10H12N4O2/c1-2-13-7-11-4-9(13)6-14-5-8(3-12-14)10(15)16/h3-5,7H,2,6H2,1H3,(H,15,16). The fraction of sp³-hybridized carbons (Fsp3) is 0.300. The number of hydrogen-bond acceptors (Lipinski definition) is 3. The summed E-state index contributed by atoms with van der Waals surface area (Å²) in [5.41, 5.74) is 1.20. The minimum Gasteiger partial charge on any atom is -0.478 e. The maximum absolute atomic E-state index is 10.7. The molecule has 6 heteroatoms. The van der Waals surface area contributed by atoms with Gasteiger partial charge in [-0.2, -0.15) is 5.10 Å². The average Bonchev–Trinajstić information content (AvgIpc) is 2.87. The maximum Gasteiger partial charge on any atom is 0.338 e. The van der Waals surface area contributed by atoms with E-state index in [1.165, 1.54) is 12.4 Å². The van der Waals surface area contributed by atoms with E-state index >= 15 is 0 Å². The maximum atomic E-state index is 10.7. The van der Waals surface area contributed by atoms with Gasteiger partial charge >= 0.3 is 5.97 Å². The molecule has 0 aliphatic carbocycles. The first-order valence-corrected chi connectivity index (χ1v) is 4.95. The van der Waals surface area contributed by atoms with Crippen molar-refractivity contribution < 1.29 is 9.90 Å². The van der Waals surface area contributed by atoms with E-state index in [-0.39, 0.29) is 5.56 Å². The van der Waals surface area contributed by atoms with Crippen molar-refractivity contribution in [1.82, 2.24) is 19.3 Å². The molecule has 0 spiro atoms. The zero-order valence-electron chi connectivity index (χ0n) is 8.87. The molecule has 0 amide bonds. The lowest BCUT2D eigenvalue weighted by molar-refractivity contribution is 0.0697. The Kier molecular flexibility index (Phi) is 2.72. The van der Waals surface area contributed by atoms with Crippen LogP contribution < -0.4 is 0 Å². The summed E-state index contributed by atoms with van der Waals surface area (Å²) in [6.45, 7) is 3.39. The summed E-state index contributed by atoms with van der Waals surface area (Å²) < 4.78 is 3.58. The SMILES string of the molecule is CCn1cncc1Cn1cc(C(=O)O)cn1. The number of nitrogens with zero attached hydrogens (tertiary/aromatic N) is 4. The summed E-state index contributed by atoms with van der Waals surface area (Å²) in [5.74, 6) is -0.963. The molecular formula is C10H12N4O2. The molecular weight excluding hydrogens is 208 g/mol. The quantitative estimate of drug-likeness (QED) is 0.828. The van der Waals surface area contributed by atoms with E-state index < -0.39 is 5.97 Å². The van der Waals surface area contributed by atoms with E-state index in [0.717, 1.165) is 12.2 Å². The average molecular weight is 220 g/mol. The van der Waals surface area contributed by atoms with Crippen LogP contribution in [0.3, 0.4) is 0 Å². The smallest absolute Gasteiger partial charge is 0.338 e. The van der Waals surface area contributed by atoms with Crippen LogP contribution in [0.2, 0.25) is 0 Å². The van der Waals surface area contributed by atoms with Crippen molar-refractivity contribution in [3.05, 3.63) is 36.2 Å². The second-order valence-corrected chi connectivity index (χ2v) is 3.40. The Bertz CT molecular complexity index is 500. The molecule has 0 aliphatic heterocycles. The summed E-state index contributed by atoms with van der Waals surface area (Å²) >= 11 is 0. The molecule has 84 valence electrons. The van der Waals surface area contributed by atoms with Gasteiger partial charge in [0.15, 0.2) is 0 Å². The van der Waals surface area contributed by atoms with Crippen molar-refractivity contribution in [2.75, 3.05) is 0 Å². The van der Waals surface area contributed by atoms with Crippen LogP contribution in [0.5, 0.6) is 0 Å². The summed E-state index contributed by atoms with van der Waals surface area (Å²) in [4.78, 5) is 14.7. The Labute approximate surface area is 92.2 Å². The fourth-order valence-electron chi connectivity index (χ4n) is 1.49. The van der Waals surface area contributed by atoms with E-state index in [2.05, 4.69) is 10.1 Å². The van der Waals surface area contributed by atoms with E-state index in [0.29, 0.717) is 6.54 Å². The molecule has 2 heterocycles. The molecule has 0 fully saturated rings. The largest absolute Gasteiger partial charge is 0.478 e. The van der Waals surface area contributed by atoms with Crippen molar-refractivity contribution in [3.8, 4) is 0 Å². The molecule has 0 atom stereocenters. The molecule has 0 unspecified atom stereocenters. The third-order valence-electron chi connectivity index (χ3n) is 2.34. The van der Waals surface area contributed by atoms with Gasteiger partial charge < -0.3 is 9.67 Å². The Morgan fingerprint density at radius 3 is 2.94 bits per heavy atom. The molecule has 0 saturated carbocycles. The van der Waals surface area contributed by atoms with Gasteiger partial charge in [0.25, 0.3) is 0 Å². The first-order valence-electron chi connectivity index (χ1n) is 4.95. The Morgan fingerprint density at radius 2 is 2.31 bits per heavy atom. The van der Waals surface area contributed by atoms with E-state index in [4.69, 9.17) is 5.11 Å². The number of carbonyl (C=O) groups is 1. The Hall–Kier alpha value is -2.11. The zero-order valence-corrected chi connectivity index (χ0v) is 8.87. The van der Waals surface area contributed by atoms with Crippen molar-refractivity contribution >= 4 is 5.97 Å². The number of aromatic carboxylic acids is 1. The summed E-state index contributed by atoms with van der Waals surface area (Å²) in [6, 6.07) is 0. The van der Waals surface area contributed by atoms with Gasteiger partial charge in [0, 0.05) is 12.7 Å². The highest BCUT2D eigenvalue weighted by molar-refractivity contribution is 5.86. The summed E-state index contributed by atoms with van der Waals surface area (Å²) in [7, 11) is 0. The van der Waals surface area contributed by atoms with E-state index in [1.54, 1.807) is 17.2 Å². The van der Waals surface area contributed by atoms with E-state index in [9.17, 15) is 4.79 Å². The van der Waals surface area contributed by atoms with Gasteiger partial charge in [-0.1, -0.05) is 0 Å². The lowest BCUT2D eigenvalue weighted by Gasteiger charge is -2.04. The fourth-order valence-corrected chi connectivity index (χ4v) is 1.49. The van der Waals surface area contributed by atoms with Gasteiger partial charge in [0.05, 0.1) is 36.5 Å². The molecule has 1 N–H and O–H groups in total. The predicted octanol–water partition coefficient (Wildman–Crippen LogP) is 0.846. The molecule has 0 radical (unpaired) electrons. The van der Waals surface area contributed by atoms with Crippen LogP contribution >= 0.6 is 0 Å². The van der Waals surface area contributed by atoms with Gasteiger partial charge in [-0.25, -0.2) is 9.78 Å². The number of carboxylic acid groups (broad SMARTS) is 1. The highest BCUT2D eigenvalue weighted by Crippen LogP contribution is 2.04. The molecule has 2 rings (SSSR count). The van der Waals surface area contributed by atoms with Crippen LogP contribution in [0.25, 0.3) is 0 Å². The van der Waals surface area contributed by atoms with Gasteiger partial charge in [-0.15, -0.1) is 0 Å². The second kappa shape index (κ2) is 4.18. The van der Waals surface area contributed by atoms with Crippen molar-refractivity contribution in [3.63, 3.8) is 0 Å². The molecule has 0 saturated heterocycles. The summed E-state index contributed by atoms with van der Waals surface area (Å²) in [6.07, 6.45) is 6.35. The normalized spacial score (nSPS) is 10.6. The van der Waals surface area contributed by atoms with Crippen LogP contribution in [-0.4, -0.2) is 30.4 Å². The minimum atomic E-state index is -0.963. The Morgan fingerprint density at radius 1 is 1.50 bits per heavy atom. The van der Waals surface area contributed by atoms with Gasteiger partial charge in [-0.3, -0.25) is 4.68 Å². The lowest BCUT2D eigenvalue weighted by atomic mass is 10.4. The van der Waals surface area contributed by atoms with Gasteiger partial charge in [0.1, 0.15) is 0 Å². The molecule has 0 aromatic carbocycles. The Balaban J connectivity index is 2.17. The van der Waals surface area contributed by atoms with Crippen LogP contribution in [0.15, 0.2) is 24.9 Å². The number of aryl methyl sites for hydroxylation is 1. The molecule has 0 bridgehead atoms. The molecule has 0 aliphatic rings. The van der Waals surface area contributed by atoms with Crippen molar-refractivity contribution in [2.24, 2.45) is 0 Å². The lowest BCUT2D eigenvalue weighted by Crippen LogP contribution is -2.06. The summed E-state index contributed by atoms with van der Waals surface area (Å²) in [5, 5.41) is 12.7. The third-order valence-corrected chi connectivity index (χ3v) is 2.34. The number of hydrogen-bond donors (Lipinski definition) is 1. The second-order valence-electron chi connectivity index (χ2n) is 3.40. The number of rotatable bonds is 4. The first-order chi connectivity index (χ1) is 7.70. The molecule has 2 aromatic heterocycles. The number of imidazole rings is 1. The monoisotopic (exact) mass is 220 g/mol. The highest BCUT2D eigenvalue weighted by Gasteiger charge is 2.07. The highest BCUT2D eigenvalue weighted by atomic mass is 16.4. The molecule has 16 heavy (non-hydrogen) atoms. The molecule has 2 aromatic rings. The van der Waals surface area contributed by atoms with Crippen LogP contribution in [0.1, 0.15) is 23.0 Å². The zero-order chi connectivity index (χ0) is 11.5. The van der Waals surface area contributed by atoms with Gasteiger partial charge in [-0.05, 0) is 6.92 Å². The van der Waals surface area contributed by atoms with Crippen LogP contribution in [0.4, 0.5) is 0 Å². The topological polar surface area (TPSA) is 72.9 Å². The first kappa shape index (κ1) is 10.4. The van der Waals surface area contributed by atoms with Crippen LogP contribution in [0, 0.1) is 0 Å².